The van der Waals surface area contributed by atoms with E-state index in [1.165, 1.54) is 0 Å². The third-order valence-corrected chi connectivity index (χ3v) is 4.65. The van der Waals surface area contributed by atoms with Crippen LogP contribution in [0.15, 0.2) is 72.9 Å². The van der Waals surface area contributed by atoms with E-state index in [4.69, 9.17) is 23.2 Å². The van der Waals surface area contributed by atoms with Gasteiger partial charge in [-0.2, -0.15) is 0 Å². The molecule has 0 radical (unpaired) electrons. The molecule has 0 aliphatic carbocycles. The maximum Gasteiger partial charge on any atom is 0.269 e. The average molecular weight is 409 g/mol. The summed E-state index contributed by atoms with van der Waals surface area (Å²) in [5.74, 6) is 0.178. The number of fused-ring (bicyclic) bond motifs is 1. The Bertz CT molecular complexity index is 1150. The molecule has 138 valence electrons. The van der Waals surface area contributed by atoms with Crippen molar-refractivity contribution in [2.75, 3.05) is 5.43 Å². The summed E-state index contributed by atoms with van der Waals surface area (Å²) in [7, 11) is 0. The molecule has 2 heterocycles. The molecule has 0 saturated carbocycles. The molecule has 0 bridgehead atoms. The number of halogens is 2. The van der Waals surface area contributed by atoms with E-state index in [9.17, 15) is 4.79 Å². The lowest BCUT2D eigenvalue weighted by Crippen LogP contribution is -2.30. The Kier molecular flexibility index (Phi) is 5.10. The van der Waals surface area contributed by atoms with Crippen molar-refractivity contribution in [3.8, 4) is 11.1 Å². The lowest BCUT2D eigenvalue weighted by atomic mass is 10.1. The highest BCUT2D eigenvalue weighted by molar-refractivity contribution is 6.31. The first-order valence-corrected chi connectivity index (χ1v) is 9.19. The summed E-state index contributed by atoms with van der Waals surface area (Å²) in [6, 6.07) is 19.8. The predicted octanol–water partition coefficient (Wildman–Crippen LogP) is 5.36. The number of nitrogens with one attached hydrogen (secondary N) is 2. The number of benzene rings is 2. The first kappa shape index (κ1) is 18.2. The average Bonchev–Trinajstić information content (AvgIpc) is 2.72. The second kappa shape index (κ2) is 7.84. The van der Waals surface area contributed by atoms with Crippen LogP contribution in [0.3, 0.4) is 0 Å². The summed E-state index contributed by atoms with van der Waals surface area (Å²) >= 11 is 11.9. The number of hydrogen-bond donors (Lipinski definition) is 2. The van der Waals surface area contributed by atoms with E-state index >= 15 is 0 Å². The number of hydrazine groups is 1. The van der Waals surface area contributed by atoms with Crippen molar-refractivity contribution in [2.45, 2.75) is 0 Å². The van der Waals surface area contributed by atoms with E-state index in [0.29, 0.717) is 27.1 Å². The molecule has 28 heavy (non-hydrogen) atoms. The van der Waals surface area contributed by atoms with Crippen LogP contribution in [0.2, 0.25) is 10.0 Å². The van der Waals surface area contributed by atoms with E-state index in [2.05, 4.69) is 20.8 Å². The fourth-order valence-electron chi connectivity index (χ4n) is 2.74. The highest BCUT2D eigenvalue weighted by Gasteiger charge is 2.12. The van der Waals surface area contributed by atoms with Crippen LogP contribution >= 0.6 is 23.2 Å². The number of aromatic nitrogens is 2. The first-order valence-electron chi connectivity index (χ1n) is 8.44. The maximum absolute atomic E-state index is 12.4. The minimum Gasteiger partial charge on any atom is -0.281 e. The zero-order valence-electron chi connectivity index (χ0n) is 14.5. The number of amides is 1. The third-order valence-electron chi connectivity index (χ3n) is 4.15. The van der Waals surface area contributed by atoms with Crippen molar-refractivity contribution in [1.29, 1.82) is 0 Å². The summed E-state index contributed by atoms with van der Waals surface area (Å²) < 4.78 is 0. The van der Waals surface area contributed by atoms with Gasteiger partial charge in [-0.05, 0) is 60.2 Å². The van der Waals surface area contributed by atoms with E-state index < -0.39 is 0 Å². The van der Waals surface area contributed by atoms with E-state index in [-0.39, 0.29) is 5.91 Å². The van der Waals surface area contributed by atoms with Gasteiger partial charge in [0, 0.05) is 32.8 Å². The number of hydrogen-bond acceptors (Lipinski definition) is 4. The molecule has 0 fully saturated rings. The number of carbonyl (C=O) groups is 1. The van der Waals surface area contributed by atoms with E-state index in [1.54, 1.807) is 42.6 Å². The number of pyridine rings is 2. The molecular formula is C21H14Cl2N4O. The molecule has 0 atom stereocenters. The zero-order valence-corrected chi connectivity index (χ0v) is 16.0. The van der Waals surface area contributed by atoms with Gasteiger partial charge in [-0.15, -0.1) is 0 Å². The Balaban J connectivity index is 1.68. The van der Waals surface area contributed by atoms with Crippen molar-refractivity contribution in [1.82, 2.24) is 15.4 Å². The van der Waals surface area contributed by atoms with E-state index in [1.807, 2.05) is 30.3 Å². The van der Waals surface area contributed by atoms with Gasteiger partial charge < -0.3 is 0 Å². The minimum absolute atomic E-state index is 0.304. The molecule has 0 spiro atoms. The normalized spacial score (nSPS) is 10.6. The Morgan fingerprint density at radius 2 is 1.57 bits per heavy atom. The van der Waals surface area contributed by atoms with Crippen LogP contribution in [-0.4, -0.2) is 15.9 Å². The van der Waals surface area contributed by atoms with Crippen molar-refractivity contribution in [3.05, 3.63) is 88.5 Å². The van der Waals surface area contributed by atoms with Gasteiger partial charge in [0.15, 0.2) is 11.5 Å². The predicted molar refractivity (Wildman–Crippen MR) is 113 cm³/mol. The van der Waals surface area contributed by atoms with Gasteiger partial charge in [-0.3, -0.25) is 15.6 Å². The van der Waals surface area contributed by atoms with Crippen LogP contribution < -0.4 is 10.9 Å². The Hall–Kier alpha value is -3.15. The molecule has 0 saturated heterocycles. The highest BCUT2D eigenvalue weighted by atomic mass is 35.5. The first-order chi connectivity index (χ1) is 13.6. The smallest absolute Gasteiger partial charge is 0.269 e. The molecular weight excluding hydrogens is 395 g/mol. The Labute approximate surface area is 171 Å². The number of anilines is 1. The Morgan fingerprint density at radius 3 is 2.29 bits per heavy atom. The molecule has 0 unspecified atom stereocenters. The quantitative estimate of drug-likeness (QED) is 0.446. The maximum atomic E-state index is 12.4. The van der Waals surface area contributed by atoms with Gasteiger partial charge in [0.05, 0.1) is 0 Å². The highest BCUT2D eigenvalue weighted by Crippen LogP contribution is 2.30. The van der Waals surface area contributed by atoms with Crippen molar-refractivity contribution in [3.63, 3.8) is 0 Å². The van der Waals surface area contributed by atoms with Gasteiger partial charge in [-0.1, -0.05) is 35.3 Å². The van der Waals surface area contributed by atoms with Crippen molar-refractivity contribution >= 4 is 46.0 Å². The molecule has 0 aliphatic heterocycles. The number of rotatable bonds is 4. The standard InChI is InChI=1S/C21H14Cl2N4O/c22-16-7-3-13(4-8-16)18-12-15-2-1-11-24-19(15)25-20(18)26-27-21(28)14-5-9-17(23)10-6-14/h1-12H,(H,27,28)(H,24,25,26). The van der Waals surface area contributed by atoms with Crippen LogP contribution in [0.25, 0.3) is 22.2 Å². The summed E-state index contributed by atoms with van der Waals surface area (Å²) in [6.45, 7) is 0. The topological polar surface area (TPSA) is 66.9 Å². The molecule has 7 heteroatoms. The monoisotopic (exact) mass is 408 g/mol. The molecule has 5 nitrogen and oxygen atoms in total. The number of nitrogens with zero attached hydrogens (tertiary/aromatic N) is 2. The fourth-order valence-corrected chi connectivity index (χ4v) is 2.99. The van der Waals surface area contributed by atoms with Gasteiger partial charge >= 0.3 is 0 Å². The van der Waals surface area contributed by atoms with E-state index in [0.717, 1.165) is 16.5 Å². The zero-order chi connectivity index (χ0) is 19.5. The SMILES string of the molecule is O=C(NNc1nc2ncccc2cc1-c1ccc(Cl)cc1)c1ccc(Cl)cc1. The van der Waals surface area contributed by atoms with Crippen molar-refractivity contribution in [2.24, 2.45) is 0 Å². The third kappa shape index (κ3) is 3.91. The lowest BCUT2D eigenvalue weighted by Gasteiger charge is -2.13. The second-order valence-electron chi connectivity index (χ2n) is 6.03. The molecule has 4 aromatic rings. The van der Waals surface area contributed by atoms with Crippen LogP contribution in [0.1, 0.15) is 10.4 Å². The van der Waals surface area contributed by atoms with Crippen molar-refractivity contribution < 1.29 is 4.79 Å². The van der Waals surface area contributed by atoms with Gasteiger partial charge in [0.2, 0.25) is 0 Å². The molecule has 2 aromatic heterocycles. The van der Waals surface area contributed by atoms with Crippen LogP contribution in [0.5, 0.6) is 0 Å². The summed E-state index contributed by atoms with van der Waals surface area (Å²) in [5, 5.41) is 2.10. The van der Waals surface area contributed by atoms with Gasteiger partial charge in [0.25, 0.3) is 5.91 Å². The summed E-state index contributed by atoms with van der Waals surface area (Å²) in [4.78, 5) is 21.3. The molecule has 2 N–H and O–H groups in total. The minimum atomic E-state index is -0.304. The summed E-state index contributed by atoms with van der Waals surface area (Å²) in [6.07, 6.45) is 1.67. The summed E-state index contributed by atoms with van der Waals surface area (Å²) in [5.41, 5.74) is 8.36. The molecule has 2 aromatic carbocycles. The molecule has 0 aliphatic rings. The molecule has 4 rings (SSSR count). The Morgan fingerprint density at radius 1 is 0.893 bits per heavy atom. The molecule has 1 amide bonds. The number of carbonyl (C=O) groups excluding carboxylic acids is 1. The van der Waals surface area contributed by atoms with Crippen LogP contribution in [0, 0.1) is 0 Å². The van der Waals surface area contributed by atoms with Crippen LogP contribution in [-0.2, 0) is 0 Å². The van der Waals surface area contributed by atoms with Gasteiger partial charge in [0.1, 0.15) is 0 Å². The van der Waals surface area contributed by atoms with Gasteiger partial charge in [-0.25, -0.2) is 9.97 Å². The second-order valence-corrected chi connectivity index (χ2v) is 6.90. The fraction of sp³-hybridized carbons (Fsp3) is 0. The lowest BCUT2D eigenvalue weighted by molar-refractivity contribution is 0.0962. The van der Waals surface area contributed by atoms with Crippen LogP contribution in [0.4, 0.5) is 5.82 Å². The largest absolute Gasteiger partial charge is 0.281 e.